The van der Waals surface area contributed by atoms with Crippen LogP contribution >= 0.6 is 0 Å². The smallest absolute Gasteiger partial charge is 0.260 e. The van der Waals surface area contributed by atoms with Crippen molar-refractivity contribution in [2.75, 3.05) is 25.1 Å². The summed E-state index contributed by atoms with van der Waals surface area (Å²) in [5.41, 5.74) is 1.08. The van der Waals surface area contributed by atoms with E-state index in [1.807, 2.05) is 31.2 Å². The zero-order valence-electron chi connectivity index (χ0n) is 15.3. The van der Waals surface area contributed by atoms with Crippen molar-refractivity contribution in [3.05, 3.63) is 59.2 Å². The first-order valence-electron chi connectivity index (χ1n) is 8.53. The number of carbonyl (C=O) groups is 2. The lowest BCUT2D eigenvalue weighted by molar-refractivity contribution is -0.121. The van der Waals surface area contributed by atoms with E-state index in [2.05, 4.69) is 0 Å². The first-order valence-corrected chi connectivity index (χ1v) is 8.53. The van der Waals surface area contributed by atoms with E-state index < -0.39 is 29.1 Å². The number of methoxy groups -OCH3 is 1. The van der Waals surface area contributed by atoms with Gasteiger partial charge in [0, 0.05) is 18.3 Å². The summed E-state index contributed by atoms with van der Waals surface area (Å²) in [5, 5.41) is 0. The number of anilines is 1. The fraction of sp³-hybridized carbons (Fsp3) is 0.300. The number of benzene rings is 2. The van der Waals surface area contributed by atoms with Crippen molar-refractivity contribution in [3.8, 4) is 5.75 Å². The molecule has 142 valence electrons. The van der Waals surface area contributed by atoms with E-state index in [4.69, 9.17) is 4.74 Å². The highest BCUT2D eigenvalue weighted by molar-refractivity contribution is 6.02. The number of piperazine rings is 1. The lowest BCUT2D eigenvalue weighted by Crippen LogP contribution is -2.57. The van der Waals surface area contributed by atoms with Crippen LogP contribution in [0.1, 0.15) is 22.8 Å². The Morgan fingerprint density at radius 1 is 1.15 bits per heavy atom. The number of nitrogens with zero attached hydrogens (tertiary/aromatic N) is 2. The second-order valence-corrected chi connectivity index (χ2v) is 6.56. The zero-order valence-corrected chi connectivity index (χ0v) is 15.3. The van der Waals surface area contributed by atoms with E-state index >= 15 is 0 Å². The molecule has 2 amide bonds. The third-order valence-electron chi connectivity index (χ3n) is 4.68. The van der Waals surface area contributed by atoms with Gasteiger partial charge in [-0.25, -0.2) is 8.78 Å². The van der Waals surface area contributed by atoms with Crippen LogP contribution in [0.4, 0.5) is 14.5 Å². The Kier molecular flexibility index (Phi) is 5.12. The molecule has 0 aliphatic carbocycles. The molecule has 3 rings (SSSR count). The van der Waals surface area contributed by atoms with Gasteiger partial charge in [-0.2, -0.15) is 0 Å². The molecule has 0 radical (unpaired) electrons. The van der Waals surface area contributed by atoms with Gasteiger partial charge in [-0.15, -0.1) is 0 Å². The summed E-state index contributed by atoms with van der Waals surface area (Å²) in [5.74, 6) is -3.46. The Labute approximate surface area is 156 Å². The van der Waals surface area contributed by atoms with Crippen LogP contribution in [0.2, 0.25) is 0 Å². The van der Waals surface area contributed by atoms with Gasteiger partial charge in [-0.1, -0.05) is 17.7 Å². The van der Waals surface area contributed by atoms with Crippen molar-refractivity contribution in [1.29, 1.82) is 0 Å². The summed E-state index contributed by atoms with van der Waals surface area (Å²) >= 11 is 0. The minimum atomic E-state index is -1.07. The van der Waals surface area contributed by atoms with Crippen molar-refractivity contribution in [1.82, 2.24) is 4.90 Å². The molecule has 7 heteroatoms. The Balaban J connectivity index is 1.87. The normalized spacial score (nSPS) is 17.2. The highest BCUT2D eigenvalue weighted by Gasteiger charge is 2.36. The van der Waals surface area contributed by atoms with Crippen LogP contribution in [-0.4, -0.2) is 43.0 Å². The molecule has 0 bridgehead atoms. The van der Waals surface area contributed by atoms with Gasteiger partial charge in [0.1, 0.15) is 17.9 Å². The van der Waals surface area contributed by atoms with Gasteiger partial charge in [0.05, 0.1) is 7.11 Å². The van der Waals surface area contributed by atoms with Gasteiger partial charge in [-0.3, -0.25) is 9.59 Å². The first kappa shape index (κ1) is 18.8. The van der Waals surface area contributed by atoms with Gasteiger partial charge >= 0.3 is 0 Å². The van der Waals surface area contributed by atoms with E-state index in [-0.39, 0.29) is 24.7 Å². The minimum absolute atomic E-state index is 0.225. The minimum Gasteiger partial charge on any atom is -0.494 e. The number of aryl methyl sites for hydroxylation is 1. The summed E-state index contributed by atoms with van der Waals surface area (Å²) in [6, 6.07) is 9.13. The van der Waals surface area contributed by atoms with Crippen LogP contribution in [0.25, 0.3) is 0 Å². The van der Waals surface area contributed by atoms with Crippen molar-refractivity contribution in [2.45, 2.75) is 19.9 Å². The summed E-state index contributed by atoms with van der Waals surface area (Å²) in [6.07, 6.45) is 0. The lowest BCUT2D eigenvalue weighted by Gasteiger charge is -2.39. The molecule has 5 nitrogen and oxygen atoms in total. The van der Waals surface area contributed by atoms with Crippen molar-refractivity contribution in [3.63, 3.8) is 0 Å². The summed E-state index contributed by atoms with van der Waals surface area (Å²) < 4.78 is 33.4. The van der Waals surface area contributed by atoms with Gasteiger partial charge in [0.25, 0.3) is 5.91 Å². The molecule has 0 spiro atoms. The van der Waals surface area contributed by atoms with Crippen molar-refractivity contribution < 1.29 is 23.1 Å². The third kappa shape index (κ3) is 3.49. The standard InChI is InChI=1S/C20H20F2N2O3/c1-12-4-6-14(7-5-12)24-10-13(2)23(11-17(24)25)20(26)18-15(21)8-9-16(27-3)19(18)22/h4-9,13H,10-11H2,1-3H3/t13-/m0/s1. The predicted molar refractivity (Wildman–Crippen MR) is 96.9 cm³/mol. The molecule has 1 aliphatic heterocycles. The summed E-state index contributed by atoms with van der Waals surface area (Å²) in [7, 11) is 1.23. The van der Waals surface area contributed by atoms with E-state index in [0.717, 1.165) is 23.4 Å². The molecule has 27 heavy (non-hydrogen) atoms. The Hall–Kier alpha value is -2.96. The molecule has 1 heterocycles. The molecular formula is C20H20F2N2O3. The highest BCUT2D eigenvalue weighted by Crippen LogP contribution is 2.27. The molecule has 1 fully saturated rings. The Morgan fingerprint density at radius 3 is 2.44 bits per heavy atom. The number of hydrogen-bond acceptors (Lipinski definition) is 3. The maximum Gasteiger partial charge on any atom is 0.260 e. The molecule has 2 aromatic carbocycles. The molecule has 2 aromatic rings. The topological polar surface area (TPSA) is 49.9 Å². The van der Waals surface area contributed by atoms with Gasteiger partial charge in [0.2, 0.25) is 5.91 Å². The van der Waals surface area contributed by atoms with Crippen LogP contribution in [0.15, 0.2) is 36.4 Å². The van der Waals surface area contributed by atoms with Crippen molar-refractivity contribution in [2.24, 2.45) is 0 Å². The Bertz CT molecular complexity index is 884. The number of hydrogen-bond donors (Lipinski definition) is 0. The monoisotopic (exact) mass is 374 g/mol. The van der Waals surface area contributed by atoms with Crippen molar-refractivity contribution >= 4 is 17.5 Å². The first-order chi connectivity index (χ1) is 12.8. The number of rotatable bonds is 3. The summed E-state index contributed by atoms with van der Waals surface area (Å²) in [4.78, 5) is 28.1. The lowest BCUT2D eigenvalue weighted by atomic mass is 10.1. The largest absolute Gasteiger partial charge is 0.494 e. The molecule has 0 saturated carbocycles. The number of amides is 2. The molecule has 1 aliphatic rings. The van der Waals surface area contributed by atoms with E-state index in [0.29, 0.717) is 0 Å². The fourth-order valence-electron chi connectivity index (χ4n) is 3.13. The van der Waals surface area contributed by atoms with Crippen LogP contribution < -0.4 is 9.64 Å². The van der Waals surface area contributed by atoms with Crippen LogP contribution in [0.3, 0.4) is 0 Å². The van der Waals surface area contributed by atoms with Crippen LogP contribution in [0.5, 0.6) is 5.75 Å². The number of carbonyl (C=O) groups excluding carboxylic acids is 2. The maximum atomic E-state index is 14.4. The van der Waals surface area contributed by atoms with Crippen LogP contribution in [0, 0.1) is 18.6 Å². The second-order valence-electron chi connectivity index (χ2n) is 6.56. The molecule has 0 N–H and O–H groups in total. The van der Waals surface area contributed by atoms with E-state index in [9.17, 15) is 18.4 Å². The fourth-order valence-corrected chi connectivity index (χ4v) is 3.13. The quantitative estimate of drug-likeness (QED) is 0.829. The third-order valence-corrected chi connectivity index (χ3v) is 4.68. The van der Waals surface area contributed by atoms with Gasteiger partial charge in [-0.05, 0) is 38.1 Å². The number of ether oxygens (including phenoxy) is 1. The maximum absolute atomic E-state index is 14.4. The average molecular weight is 374 g/mol. The van der Waals surface area contributed by atoms with Gasteiger partial charge in [0.15, 0.2) is 11.6 Å². The molecule has 0 aromatic heterocycles. The number of halogens is 2. The SMILES string of the molecule is COc1ccc(F)c(C(=O)N2CC(=O)N(c3ccc(C)cc3)C[C@@H]2C)c1F. The average Bonchev–Trinajstić information content (AvgIpc) is 2.64. The molecule has 1 saturated heterocycles. The van der Waals surface area contributed by atoms with Gasteiger partial charge < -0.3 is 14.5 Å². The molecular weight excluding hydrogens is 354 g/mol. The van der Waals surface area contributed by atoms with E-state index in [1.165, 1.54) is 12.0 Å². The van der Waals surface area contributed by atoms with E-state index in [1.54, 1.807) is 11.8 Å². The van der Waals surface area contributed by atoms with Crippen LogP contribution in [-0.2, 0) is 4.79 Å². The predicted octanol–water partition coefficient (Wildman–Crippen LogP) is 3.16. The molecule has 0 unspecified atom stereocenters. The highest BCUT2D eigenvalue weighted by atomic mass is 19.1. The Morgan fingerprint density at radius 2 is 1.81 bits per heavy atom. The second kappa shape index (κ2) is 7.34. The molecule has 1 atom stereocenters. The summed E-state index contributed by atoms with van der Waals surface area (Å²) in [6.45, 7) is 3.66. The zero-order chi connectivity index (χ0) is 19.7.